The van der Waals surface area contributed by atoms with Gasteiger partial charge < -0.3 is 10.8 Å². The molecule has 2 rings (SSSR count). The lowest BCUT2D eigenvalue weighted by atomic mass is 9.77. The molecular formula is C14H22ClNO. The first kappa shape index (κ1) is 14.5. The van der Waals surface area contributed by atoms with Crippen LogP contribution in [0, 0.1) is 19.8 Å². The summed E-state index contributed by atoms with van der Waals surface area (Å²) in [4.78, 5) is 0. The van der Waals surface area contributed by atoms with Crippen LogP contribution < -0.4 is 5.73 Å². The molecule has 2 atom stereocenters. The van der Waals surface area contributed by atoms with Gasteiger partial charge in [-0.15, -0.1) is 12.4 Å². The standard InChI is InChI=1S/C14H21NO.ClH/c1-9-5-3-8-12(10(9)2)13(15)14(16)11-6-4-7-11;/h3,5,8,11,13-14,16H,4,6-7,15H2,1-2H3;1H/t13-,14+;/m1./s1. The van der Waals surface area contributed by atoms with Crippen molar-refractivity contribution < 1.29 is 5.11 Å². The Morgan fingerprint density at radius 2 is 1.94 bits per heavy atom. The summed E-state index contributed by atoms with van der Waals surface area (Å²) in [7, 11) is 0. The van der Waals surface area contributed by atoms with Crippen molar-refractivity contribution in [2.24, 2.45) is 11.7 Å². The van der Waals surface area contributed by atoms with Crippen molar-refractivity contribution in [2.45, 2.75) is 45.3 Å². The summed E-state index contributed by atoms with van der Waals surface area (Å²) < 4.78 is 0. The number of hydrogen-bond donors (Lipinski definition) is 2. The highest BCUT2D eigenvalue weighted by atomic mass is 35.5. The number of aryl methyl sites for hydroxylation is 1. The fourth-order valence-corrected chi connectivity index (χ4v) is 2.39. The molecule has 0 unspecified atom stereocenters. The van der Waals surface area contributed by atoms with Crippen molar-refractivity contribution >= 4 is 12.4 Å². The summed E-state index contributed by atoms with van der Waals surface area (Å²) in [6.07, 6.45) is 3.11. The van der Waals surface area contributed by atoms with E-state index in [1.807, 2.05) is 12.1 Å². The fourth-order valence-electron chi connectivity index (χ4n) is 2.39. The first-order valence-corrected chi connectivity index (χ1v) is 6.11. The molecule has 0 radical (unpaired) electrons. The second-order valence-corrected chi connectivity index (χ2v) is 5.00. The van der Waals surface area contributed by atoms with Gasteiger partial charge in [0.05, 0.1) is 12.1 Å². The minimum atomic E-state index is -0.380. The van der Waals surface area contributed by atoms with E-state index in [1.54, 1.807) is 0 Å². The maximum atomic E-state index is 10.2. The fraction of sp³-hybridized carbons (Fsp3) is 0.571. The molecule has 0 bridgehead atoms. The minimum absolute atomic E-state index is 0. The number of halogens is 1. The molecule has 17 heavy (non-hydrogen) atoms. The van der Waals surface area contributed by atoms with Gasteiger partial charge in [-0.3, -0.25) is 0 Å². The number of benzene rings is 1. The van der Waals surface area contributed by atoms with E-state index < -0.39 is 0 Å². The van der Waals surface area contributed by atoms with Crippen molar-refractivity contribution in [3.8, 4) is 0 Å². The van der Waals surface area contributed by atoms with Gasteiger partial charge in [-0.05, 0) is 49.3 Å². The first-order chi connectivity index (χ1) is 7.61. The van der Waals surface area contributed by atoms with Crippen LogP contribution >= 0.6 is 12.4 Å². The number of nitrogens with two attached hydrogens (primary N) is 1. The predicted molar refractivity (Wildman–Crippen MR) is 73.4 cm³/mol. The monoisotopic (exact) mass is 255 g/mol. The molecule has 3 heteroatoms. The number of aliphatic hydroxyl groups excluding tert-OH is 1. The molecular weight excluding hydrogens is 234 g/mol. The van der Waals surface area contributed by atoms with Crippen molar-refractivity contribution in [1.82, 2.24) is 0 Å². The van der Waals surface area contributed by atoms with Gasteiger partial charge in [-0.1, -0.05) is 24.6 Å². The Kier molecular flexibility index (Phi) is 4.99. The molecule has 1 aliphatic rings. The summed E-state index contributed by atoms with van der Waals surface area (Å²) in [6, 6.07) is 5.91. The average Bonchev–Trinajstić information content (AvgIpc) is 2.18. The van der Waals surface area contributed by atoms with Crippen molar-refractivity contribution in [2.75, 3.05) is 0 Å². The van der Waals surface area contributed by atoms with Crippen LogP contribution in [0.1, 0.15) is 42.0 Å². The lowest BCUT2D eigenvalue weighted by Gasteiger charge is -2.34. The molecule has 1 fully saturated rings. The highest BCUT2D eigenvalue weighted by Gasteiger charge is 2.31. The number of rotatable bonds is 3. The van der Waals surface area contributed by atoms with Crippen LogP contribution in [0.2, 0.25) is 0 Å². The first-order valence-electron chi connectivity index (χ1n) is 6.11. The van der Waals surface area contributed by atoms with E-state index in [1.165, 1.54) is 17.5 Å². The number of aliphatic hydroxyl groups is 1. The molecule has 1 aliphatic carbocycles. The van der Waals surface area contributed by atoms with Gasteiger partial charge in [0.15, 0.2) is 0 Å². The summed E-state index contributed by atoms with van der Waals surface area (Å²) in [5.74, 6) is 0.412. The molecule has 0 saturated heterocycles. The zero-order chi connectivity index (χ0) is 11.7. The Balaban J connectivity index is 0.00000144. The summed E-state index contributed by atoms with van der Waals surface area (Å²) in [5.41, 5.74) is 9.73. The largest absolute Gasteiger partial charge is 0.391 e. The predicted octanol–water partition coefficient (Wildman–Crippen LogP) is 2.89. The van der Waals surface area contributed by atoms with Crippen molar-refractivity contribution in [3.05, 3.63) is 34.9 Å². The summed E-state index contributed by atoms with van der Waals surface area (Å²) in [6.45, 7) is 4.17. The van der Waals surface area contributed by atoms with Crippen LogP contribution in [0.3, 0.4) is 0 Å². The summed E-state index contributed by atoms with van der Waals surface area (Å²) >= 11 is 0. The van der Waals surface area contributed by atoms with Crippen molar-refractivity contribution in [3.63, 3.8) is 0 Å². The molecule has 3 N–H and O–H groups in total. The van der Waals surface area contributed by atoms with E-state index in [9.17, 15) is 5.11 Å². The molecule has 96 valence electrons. The molecule has 0 heterocycles. The van der Waals surface area contributed by atoms with E-state index in [0.717, 1.165) is 18.4 Å². The van der Waals surface area contributed by atoms with Crippen LogP contribution in [0.15, 0.2) is 18.2 Å². The molecule has 1 saturated carbocycles. The van der Waals surface area contributed by atoms with Crippen LogP contribution in [0.25, 0.3) is 0 Å². The lowest BCUT2D eigenvalue weighted by molar-refractivity contribution is 0.0412. The van der Waals surface area contributed by atoms with Crippen LogP contribution in [0.5, 0.6) is 0 Å². The van der Waals surface area contributed by atoms with Crippen LogP contribution in [-0.4, -0.2) is 11.2 Å². The molecule has 1 aromatic carbocycles. The molecule has 0 amide bonds. The smallest absolute Gasteiger partial charge is 0.0760 e. The third kappa shape index (κ3) is 2.82. The van der Waals surface area contributed by atoms with E-state index in [-0.39, 0.29) is 24.6 Å². The zero-order valence-corrected chi connectivity index (χ0v) is 11.3. The Morgan fingerprint density at radius 1 is 1.29 bits per heavy atom. The van der Waals surface area contributed by atoms with E-state index in [2.05, 4.69) is 19.9 Å². The van der Waals surface area contributed by atoms with Gasteiger partial charge in [0, 0.05) is 0 Å². The highest BCUT2D eigenvalue weighted by Crippen LogP contribution is 2.35. The van der Waals surface area contributed by atoms with Gasteiger partial charge in [0.1, 0.15) is 0 Å². The zero-order valence-electron chi connectivity index (χ0n) is 10.5. The number of hydrogen-bond acceptors (Lipinski definition) is 2. The SMILES string of the molecule is Cc1cccc([C@@H](N)[C@@H](O)C2CCC2)c1C.Cl. The van der Waals surface area contributed by atoms with Gasteiger partial charge in [0.25, 0.3) is 0 Å². The van der Waals surface area contributed by atoms with Gasteiger partial charge >= 0.3 is 0 Å². The Labute approximate surface area is 110 Å². The minimum Gasteiger partial charge on any atom is -0.391 e. The van der Waals surface area contributed by atoms with E-state index in [4.69, 9.17) is 5.73 Å². The molecule has 0 spiro atoms. The normalized spacial score (nSPS) is 19.1. The van der Waals surface area contributed by atoms with E-state index >= 15 is 0 Å². The Bertz CT molecular complexity index is 376. The molecule has 0 aliphatic heterocycles. The average molecular weight is 256 g/mol. The summed E-state index contributed by atoms with van der Waals surface area (Å²) in [5, 5.41) is 10.2. The Hall–Kier alpha value is -0.570. The highest BCUT2D eigenvalue weighted by molar-refractivity contribution is 5.85. The lowest BCUT2D eigenvalue weighted by Crippen LogP contribution is -2.36. The third-order valence-electron chi connectivity index (χ3n) is 4.01. The Morgan fingerprint density at radius 3 is 2.47 bits per heavy atom. The van der Waals surface area contributed by atoms with Gasteiger partial charge in [-0.25, -0.2) is 0 Å². The molecule has 2 nitrogen and oxygen atoms in total. The second kappa shape index (κ2) is 5.85. The van der Waals surface area contributed by atoms with E-state index in [0.29, 0.717) is 5.92 Å². The van der Waals surface area contributed by atoms with Crippen LogP contribution in [0.4, 0.5) is 0 Å². The second-order valence-electron chi connectivity index (χ2n) is 5.00. The van der Waals surface area contributed by atoms with Gasteiger partial charge in [-0.2, -0.15) is 0 Å². The third-order valence-corrected chi connectivity index (χ3v) is 4.01. The topological polar surface area (TPSA) is 46.2 Å². The molecule has 0 aromatic heterocycles. The maximum absolute atomic E-state index is 10.2. The maximum Gasteiger partial charge on any atom is 0.0760 e. The van der Waals surface area contributed by atoms with Crippen LogP contribution in [-0.2, 0) is 0 Å². The quantitative estimate of drug-likeness (QED) is 0.873. The molecule has 1 aromatic rings. The van der Waals surface area contributed by atoms with Crippen molar-refractivity contribution in [1.29, 1.82) is 0 Å². The van der Waals surface area contributed by atoms with Gasteiger partial charge in [0.2, 0.25) is 0 Å².